The molecule has 0 unspecified atom stereocenters. The molecular formula is C13H12Br2N2OS. The Morgan fingerprint density at radius 3 is 2.74 bits per heavy atom. The minimum absolute atomic E-state index is 0.169. The molecule has 0 atom stereocenters. The average Bonchev–Trinajstić information content (AvgIpc) is 2.80. The molecule has 0 aliphatic rings. The van der Waals surface area contributed by atoms with Crippen LogP contribution in [0, 0.1) is 0 Å². The third-order valence-corrected chi connectivity index (χ3v) is 4.47. The van der Waals surface area contributed by atoms with Crippen molar-refractivity contribution in [1.29, 1.82) is 0 Å². The first-order valence-corrected chi connectivity index (χ1v) is 8.15. The van der Waals surface area contributed by atoms with E-state index in [0.29, 0.717) is 16.6 Å². The Bertz CT molecular complexity index is 610. The summed E-state index contributed by atoms with van der Waals surface area (Å²) in [4.78, 5) is 16.6. The second kappa shape index (κ2) is 6.15. The van der Waals surface area contributed by atoms with Crippen molar-refractivity contribution in [2.75, 3.05) is 5.32 Å². The Balaban J connectivity index is 2.18. The lowest BCUT2D eigenvalue weighted by Crippen LogP contribution is -2.12. The van der Waals surface area contributed by atoms with Crippen LogP contribution in [-0.4, -0.2) is 10.9 Å². The lowest BCUT2D eigenvalue weighted by Gasteiger charge is -2.05. The number of anilines is 1. The largest absolute Gasteiger partial charge is 0.298 e. The number of nitrogens with zero attached hydrogens (tertiary/aromatic N) is 1. The van der Waals surface area contributed by atoms with Crippen LogP contribution >= 0.6 is 43.2 Å². The number of benzene rings is 1. The smallest absolute Gasteiger partial charge is 0.258 e. The molecule has 1 aromatic heterocycles. The minimum atomic E-state index is -0.169. The van der Waals surface area contributed by atoms with Gasteiger partial charge in [0.2, 0.25) is 0 Å². The summed E-state index contributed by atoms with van der Waals surface area (Å²) in [7, 11) is 0. The second-order valence-electron chi connectivity index (χ2n) is 4.31. The van der Waals surface area contributed by atoms with Crippen LogP contribution in [0.5, 0.6) is 0 Å². The molecule has 0 saturated heterocycles. The fourth-order valence-electron chi connectivity index (χ4n) is 1.44. The molecule has 100 valence electrons. The Morgan fingerprint density at radius 2 is 2.11 bits per heavy atom. The van der Waals surface area contributed by atoms with Gasteiger partial charge in [-0.1, -0.05) is 29.8 Å². The summed E-state index contributed by atoms with van der Waals surface area (Å²) in [6.45, 7) is 4.15. The van der Waals surface area contributed by atoms with Gasteiger partial charge in [-0.2, -0.15) is 0 Å². The van der Waals surface area contributed by atoms with Gasteiger partial charge in [0.1, 0.15) is 0 Å². The van der Waals surface area contributed by atoms with E-state index in [2.05, 4.69) is 56.0 Å². The lowest BCUT2D eigenvalue weighted by molar-refractivity contribution is 0.102. The summed E-state index contributed by atoms with van der Waals surface area (Å²) in [5.41, 5.74) is 1.57. The Morgan fingerprint density at radius 1 is 1.37 bits per heavy atom. The first kappa shape index (κ1) is 14.7. The van der Waals surface area contributed by atoms with Crippen molar-refractivity contribution in [3.8, 4) is 0 Å². The molecule has 1 amide bonds. The van der Waals surface area contributed by atoms with Crippen LogP contribution in [0.15, 0.2) is 32.5 Å². The number of carbonyl (C=O) groups excluding carboxylic acids is 1. The van der Waals surface area contributed by atoms with Crippen LogP contribution in [0.25, 0.3) is 0 Å². The fourth-order valence-corrected chi connectivity index (χ4v) is 3.10. The summed E-state index contributed by atoms with van der Waals surface area (Å²) >= 11 is 8.17. The van der Waals surface area contributed by atoms with Crippen molar-refractivity contribution in [2.24, 2.45) is 0 Å². The molecule has 2 aromatic rings. The van der Waals surface area contributed by atoms with E-state index in [9.17, 15) is 4.79 Å². The summed E-state index contributed by atoms with van der Waals surface area (Å²) < 4.78 is 1.62. The molecule has 6 heteroatoms. The van der Waals surface area contributed by atoms with E-state index < -0.39 is 0 Å². The van der Waals surface area contributed by atoms with Crippen LogP contribution in [0.1, 0.15) is 35.8 Å². The Kier molecular flexibility index (Phi) is 4.76. The first-order valence-electron chi connectivity index (χ1n) is 5.69. The van der Waals surface area contributed by atoms with E-state index in [0.717, 1.165) is 14.6 Å². The van der Waals surface area contributed by atoms with Gasteiger partial charge in [0.25, 0.3) is 5.91 Å². The predicted octanol–water partition coefficient (Wildman–Crippen LogP) is 5.04. The van der Waals surface area contributed by atoms with Gasteiger partial charge < -0.3 is 0 Å². The van der Waals surface area contributed by atoms with Gasteiger partial charge in [-0.05, 0) is 40.0 Å². The maximum absolute atomic E-state index is 12.2. The first-order chi connectivity index (χ1) is 8.97. The van der Waals surface area contributed by atoms with Crippen molar-refractivity contribution < 1.29 is 4.79 Å². The average molecular weight is 404 g/mol. The number of aromatic nitrogens is 1. The number of amides is 1. The molecule has 0 aliphatic carbocycles. The van der Waals surface area contributed by atoms with E-state index >= 15 is 0 Å². The number of carbonyl (C=O) groups is 1. The molecule has 1 N–H and O–H groups in total. The molecule has 0 radical (unpaired) electrons. The van der Waals surface area contributed by atoms with Crippen LogP contribution < -0.4 is 5.32 Å². The summed E-state index contributed by atoms with van der Waals surface area (Å²) in [5.74, 6) is 0.192. The van der Waals surface area contributed by atoms with E-state index in [1.54, 1.807) is 6.07 Å². The van der Waals surface area contributed by atoms with Gasteiger partial charge in [-0.15, -0.1) is 11.3 Å². The number of hydrogen-bond acceptors (Lipinski definition) is 3. The number of halogens is 2. The molecule has 0 aliphatic heterocycles. The topological polar surface area (TPSA) is 42.0 Å². The minimum Gasteiger partial charge on any atom is -0.298 e. The third kappa shape index (κ3) is 3.64. The van der Waals surface area contributed by atoms with Crippen molar-refractivity contribution in [2.45, 2.75) is 19.8 Å². The van der Waals surface area contributed by atoms with Crippen molar-refractivity contribution in [3.63, 3.8) is 0 Å². The molecule has 1 aromatic carbocycles. The van der Waals surface area contributed by atoms with Crippen molar-refractivity contribution in [3.05, 3.63) is 43.8 Å². The van der Waals surface area contributed by atoms with E-state index in [1.807, 2.05) is 17.5 Å². The highest BCUT2D eigenvalue weighted by Gasteiger charge is 2.13. The molecule has 0 saturated carbocycles. The Labute approximate surface area is 132 Å². The zero-order valence-electron chi connectivity index (χ0n) is 10.4. The molecular weight excluding hydrogens is 392 g/mol. The number of nitrogens with one attached hydrogen (secondary N) is 1. The molecule has 0 fully saturated rings. The zero-order valence-corrected chi connectivity index (χ0v) is 14.4. The van der Waals surface area contributed by atoms with Gasteiger partial charge in [0.15, 0.2) is 5.13 Å². The quantitative estimate of drug-likeness (QED) is 0.779. The highest BCUT2D eigenvalue weighted by atomic mass is 79.9. The molecule has 0 bridgehead atoms. The van der Waals surface area contributed by atoms with Crippen LogP contribution in [-0.2, 0) is 0 Å². The third-order valence-electron chi connectivity index (χ3n) is 2.51. The lowest BCUT2D eigenvalue weighted by atomic mass is 10.2. The summed E-state index contributed by atoms with van der Waals surface area (Å²) in [6.07, 6.45) is 0. The number of hydrogen-bond donors (Lipinski definition) is 1. The maximum atomic E-state index is 12.2. The van der Waals surface area contributed by atoms with Gasteiger partial charge in [0, 0.05) is 14.3 Å². The van der Waals surface area contributed by atoms with E-state index in [4.69, 9.17) is 0 Å². The van der Waals surface area contributed by atoms with Crippen LogP contribution in [0.2, 0.25) is 0 Å². The second-order valence-corrected chi connectivity index (χ2v) is 6.94. The van der Waals surface area contributed by atoms with Crippen LogP contribution in [0.4, 0.5) is 5.13 Å². The van der Waals surface area contributed by atoms with Gasteiger partial charge in [0.05, 0.1) is 11.3 Å². The van der Waals surface area contributed by atoms with E-state index in [-0.39, 0.29) is 5.91 Å². The highest BCUT2D eigenvalue weighted by Crippen LogP contribution is 2.25. The number of thiazole rings is 1. The van der Waals surface area contributed by atoms with Crippen LogP contribution in [0.3, 0.4) is 0 Å². The van der Waals surface area contributed by atoms with Gasteiger partial charge >= 0.3 is 0 Å². The normalized spacial score (nSPS) is 10.8. The van der Waals surface area contributed by atoms with Crippen molar-refractivity contribution in [1.82, 2.24) is 4.98 Å². The predicted molar refractivity (Wildman–Crippen MR) is 86.0 cm³/mol. The van der Waals surface area contributed by atoms with Gasteiger partial charge in [-0.25, -0.2) is 4.98 Å². The van der Waals surface area contributed by atoms with Crippen molar-refractivity contribution >= 4 is 54.2 Å². The molecule has 0 spiro atoms. The standard InChI is InChI=1S/C13H12Br2N2OS/c1-7(2)11-6-19-13(16-11)17-12(18)9-5-8(14)3-4-10(9)15/h3-7H,1-2H3,(H,16,17,18). The Hall–Kier alpha value is -0.720. The highest BCUT2D eigenvalue weighted by molar-refractivity contribution is 9.11. The number of rotatable bonds is 3. The van der Waals surface area contributed by atoms with E-state index in [1.165, 1.54) is 11.3 Å². The molecule has 2 rings (SSSR count). The molecule has 3 nitrogen and oxygen atoms in total. The molecule has 1 heterocycles. The summed E-state index contributed by atoms with van der Waals surface area (Å²) in [5, 5.41) is 5.41. The monoisotopic (exact) mass is 402 g/mol. The van der Waals surface area contributed by atoms with Gasteiger partial charge in [-0.3, -0.25) is 10.1 Å². The molecule has 19 heavy (non-hydrogen) atoms. The summed E-state index contributed by atoms with van der Waals surface area (Å²) in [6, 6.07) is 5.48. The fraction of sp³-hybridized carbons (Fsp3) is 0.231. The maximum Gasteiger partial charge on any atom is 0.258 e. The zero-order chi connectivity index (χ0) is 14.0. The SMILES string of the molecule is CC(C)c1csc(NC(=O)c2cc(Br)ccc2Br)n1.